The molecule has 0 heterocycles. The second-order valence-corrected chi connectivity index (χ2v) is 2.98. The molecule has 1 unspecified atom stereocenters. The highest BCUT2D eigenvalue weighted by Crippen LogP contribution is 2.19. The normalized spacial score (nSPS) is 11.8. The van der Waals surface area contributed by atoms with Crippen LogP contribution in [-0.2, 0) is 14.3 Å². The molecule has 0 aliphatic rings. The van der Waals surface area contributed by atoms with Gasteiger partial charge in [0.15, 0.2) is 0 Å². The van der Waals surface area contributed by atoms with Gasteiger partial charge in [-0.2, -0.15) is 0 Å². The maximum atomic E-state index is 11.0. The van der Waals surface area contributed by atoms with Crippen LogP contribution in [-0.4, -0.2) is 17.0 Å². The maximum Gasteiger partial charge on any atom is 0.303 e. The molecule has 0 aliphatic heterocycles. The quantitative estimate of drug-likeness (QED) is 0.708. The largest absolute Gasteiger partial charge is 0.508 e. The van der Waals surface area contributed by atoms with E-state index in [-0.39, 0.29) is 5.75 Å². The minimum atomic E-state index is -1.11. The van der Waals surface area contributed by atoms with E-state index in [4.69, 9.17) is 15.6 Å². The second-order valence-electron chi connectivity index (χ2n) is 2.98. The van der Waals surface area contributed by atoms with Crippen molar-refractivity contribution in [1.82, 2.24) is 0 Å². The zero-order valence-electron chi connectivity index (χ0n) is 8.14. The summed E-state index contributed by atoms with van der Waals surface area (Å²) in [6, 6.07) is 5.70. The molecule has 0 aliphatic carbocycles. The van der Waals surface area contributed by atoms with Crippen LogP contribution in [0.1, 0.15) is 18.6 Å². The number of aromatic hydroxyl groups is 1. The van der Waals surface area contributed by atoms with E-state index >= 15 is 0 Å². The number of benzene rings is 1. The second kappa shape index (κ2) is 4.45. The first-order valence-electron chi connectivity index (χ1n) is 4.26. The summed E-state index contributed by atoms with van der Waals surface area (Å²) in [5.74, 6) is -1.28. The van der Waals surface area contributed by atoms with Crippen molar-refractivity contribution >= 4 is 11.9 Å². The molecule has 0 bridgehead atoms. The molecule has 5 nitrogen and oxygen atoms in total. The van der Waals surface area contributed by atoms with Crippen molar-refractivity contribution in [2.75, 3.05) is 0 Å². The number of hydrogen-bond acceptors (Lipinski definition) is 4. The SMILES string of the molecule is CC(=O)OC(C(N)=O)c1ccc(O)cc1. The van der Waals surface area contributed by atoms with E-state index in [2.05, 4.69) is 0 Å². The molecular weight excluding hydrogens is 198 g/mol. The van der Waals surface area contributed by atoms with E-state index in [0.29, 0.717) is 5.56 Å². The van der Waals surface area contributed by atoms with E-state index in [0.717, 1.165) is 0 Å². The van der Waals surface area contributed by atoms with Crippen molar-refractivity contribution in [1.29, 1.82) is 0 Å². The lowest BCUT2D eigenvalue weighted by Crippen LogP contribution is -2.25. The predicted molar refractivity (Wildman–Crippen MR) is 51.8 cm³/mol. The summed E-state index contributed by atoms with van der Waals surface area (Å²) in [7, 11) is 0. The van der Waals surface area contributed by atoms with Gasteiger partial charge in [-0.25, -0.2) is 0 Å². The fraction of sp³-hybridized carbons (Fsp3) is 0.200. The summed E-state index contributed by atoms with van der Waals surface area (Å²) in [5.41, 5.74) is 5.50. The molecule has 1 atom stereocenters. The van der Waals surface area contributed by atoms with Gasteiger partial charge in [-0.1, -0.05) is 12.1 Å². The van der Waals surface area contributed by atoms with Gasteiger partial charge in [0.25, 0.3) is 5.91 Å². The summed E-state index contributed by atoms with van der Waals surface area (Å²) < 4.78 is 4.74. The molecule has 0 spiro atoms. The number of ether oxygens (including phenoxy) is 1. The minimum absolute atomic E-state index is 0.0600. The maximum absolute atomic E-state index is 11.0. The molecular formula is C10H11NO4. The standard InChI is InChI=1S/C10H11NO4/c1-6(12)15-9(10(11)14)7-2-4-8(13)5-3-7/h2-5,9,13H,1H3,(H2,11,14). The van der Waals surface area contributed by atoms with Crippen LogP contribution in [0.15, 0.2) is 24.3 Å². The lowest BCUT2D eigenvalue weighted by Gasteiger charge is -2.13. The Morgan fingerprint density at radius 1 is 1.33 bits per heavy atom. The van der Waals surface area contributed by atoms with Crippen molar-refractivity contribution in [2.45, 2.75) is 13.0 Å². The van der Waals surface area contributed by atoms with Gasteiger partial charge in [0.05, 0.1) is 0 Å². The average Bonchev–Trinajstić information content (AvgIpc) is 2.15. The Balaban J connectivity index is 2.94. The van der Waals surface area contributed by atoms with Crippen LogP contribution in [0.3, 0.4) is 0 Å². The van der Waals surface area contributed by atoms with Crippen LogP contribution in [0.5, 0.6) is 5.75 Å². The van der Waals surface area contributed by atoms with Crippen LogP contribution in [0.2, 0.25) is 0 Å². The Morgan fingerprint density at radius 2 is 1.87 bits per heavy atom. The predicted octanol–water partition coefficient (Wildman–Crippen LogP) is 0.482. The number of hydrogen-bond donors (Lipinski definition) is 2. The summed E-state index contributed by atoms with van der Waals surface area (Å²) in [4.78, 5) is 21.7. The molecule has 0 fully saturated rings. The summed E-state index contributed by atoms with van der Waals surface area (Å²) >= 11 is 0. The van der Waals surface area contributed by atoms with Gasteiger partial charge in [-0.15, -0.1) is 0 Å². The van der Waals surface area contributed by atoms with Gasteiger partial charge in [0.2, 0.25) is 6.10 Å². The Bertz CT molecular complexity index is 372. The molecule has 15 heavy (non-hydrogen) atoms. The lowest BCUT2D eigenvalue weighted by molar-refractivity contribution is -0.153. The van der Waals surface area contributed by atoms with Gasteiger partial charge < -0.3 is 15.6 Å². The van der Waals surface area contributed by atoms with E-state index in [1.165, 1.54) is 31.2 Å². The first-order valence-corrected chi connectivity index (χ1v) is 4.26. The highest BCUT2D eigenvalue weighted by molar-refractivity contribution is 5.83. The molecule has 1 rings (SSSR count). The molecule has 5 heteroatoms. The first-order chi connectivity index (χ1) is 7.00. The molecule has 80 valence electrons. The smallest absolute Gasteiger partial charge is 0.303 e. The zero-order chi connectivity index (χ0) is 11.4. The van der Waals surface area contributed by atoms with Crippen molar-refractivity contribution < 1.29 is 19.4 Å². The highest BCUT2D eigenvalue weighted by atomic mass is 16.5. The van der Waals surface area contributed by atoms with Crippen LogP contribution in [0, 0.1) is 0 Å². The number of phenols is 1. The number of primary amides is 1. The molecule has 1 aromatic rings. The van der Waals surface area contributed by atoms with E-state index in [9.17, 15) is 9.59 Å². The van der Waals surface area contributed by atoms with Gasteiger partial charge in [0, 0.05) is 12.5 Å². The Kier molecular flexibility index (Phi) is 3.28. The van der Waals surface area contributed by atoms with E-state index < -0.39 is 18.0 Å². The molecule has 0 aromatic heterocycles. The Hall–Kier alpha value is -2.04. The van der Waals surface area contributed by atoms with Gasteiger partial charge in [0.1, 0.15) is 5.75 Å². The number of carbonyl (C=O) groups is 2. The fourth-order valence-electron chi connectivity index (χ4n) is 1.11. The number of esters is 1. The van der Waals surface area contributed by atoms with Crippen molar-refractivity contribution in [3.63, 3.8) is 0 Å². The molecule has 0 saturated heterocycles. The van der Waals surface area contributed by atoms with Crippen LogP contribution in [0.4, 0.5) is 0 Å². The minimum Gasteiger partial charge on any atom is -0.508 e. The topological polar surface area (TPSA) is 89.6 Å². The van der Waals surface area contributed by atoms with Crippen molar-refractivity contribution in [3.8, 4) is 5.75 Å². The fourth-order valence-corrected chi connectivity index (χ4v) is 1.11. The summed E-state index contributed by atoms with van der Waals surface area (Å²) in [6.45, 7) is 1.19. The zero-order valence-corrected chi connectivity index (χ0v) is 8.14. The third-order valence-corrected chi connectivity index (χ3v) is 1.74. The lowest BCUT2D eigenvalue weighted by atomic mass is 10.1. The van der Waals surface area contributed by atoms with E-state index in [1.807, 2.05) is 0 Å². The third-order valence-electron chi connectivity index (χ3n) is 1.74. The molecule has 3 N–H and O–H groups in total. The van der Waals surface area contributed by atoms with Gasteiger partial charge >= 0.3 is 5.97 Å². The van der Waals surface area contributed by atoms with Crippen LogP contribution in [0.25, 0.3) is 0 Å². The summed E-state index contributed by atoms with van der Waals surface area (Å²) in [5, 5.41) is 9.04. The number of amides is 1. The molecule has 1 amide bonds. The Labute approximate surface area is 86.5 Å². The van der Waals surface area contributed by atoms with Crippen molar-refractivity contribution in [3.05, 3.63) is 29.8 Å². The van der Waals surface area contributed by atoms with Crippen molar-refractivity contribution in [2.24, 2.45) is 5.73 Å². The molecule has 0 saturated carbocycles. The molecule has 1 aromatic carbocycles. The molecule has 0 radical (unpaired) electrons. The summed E-state index contributed by atoms with van der Waals surface area (Å²) in [6.07, 6.45) is -1.11. The van der Waals surface area contributed by atoms with Crippen LogP contribution >= 0.6 is 0 Å². The first kappa shape index (κ1) is 11.0. The number of nitrogens with two attached hydrogens (primary N) is 1. The number of carbonyl (C=O) groups excluding carboxylic acids is 2. The van der Waals surface area contributed by atoms with Crippen LogP contribution < -0.4 is 5.73 Å². The monoisotopic (exact) mass is 209 g/mol. The van der Waals surface area contributed by atoms with E-state index in [1.54, 1.807) is 0 Å². The number of rotatable bonds is 3. The van der Waals surface area contributed by atoms with Gasteiger partial charge in [-0.05, 0) is 12.1 Å². The van der Waals surface area contributed by atoms with Gasteiger partial charge in [-0.3, -0.25) is 9.59 Å². The average molecular weight is 209 g/mol. The Morgan fingerprint density at radius 3 is 2.27 bits per heavy atom. The third kappa shape index (κ3) is 2.98. The number of phenolic OH excluding ortho intramolecular Hbond substituents is 1. The highest BCUT2D eigenvalue weighted by Gasteiger charge is 2.20.